The van der Waals surface area contributed by atoms with Crippen molar-refractivity contribution in [2.45, 2.75) is 37.8 Å². The SMILES string of the molecule is COc1cncc(OC2CCC(NC(=O)c3cncc(Br)c3)CC2)n1. The normalized spacial score (nSPS) is 19.9. The third-order valence-electron chi connectivity index (χ3n) is 4.06. The fourth-order valence-corrected chi connectivity index (χ4v) is 3.15. The number of methoxy groups -OCH3 is 1. The summed E-state index contributed by atoms with van der Waals surface area (Å²) in [7, 11) is 1.54. The van der Waals surface area contributed by atoms with Crippen molar-refractivity contribution in [2.75, 3.05) is 7.11 Å². The maximum atomic E-state index is 12.3. The molecule has 0 atom stereocenters. The van der Waals surface area contributed by atoms with Crippen LogP contribution in [0.4, 0.5) is 0 Å². The molecule has 8 heteroatoms. The smallest absolute Gasteiger partial charge is 0.253 e. The summed E-state index contributed by atoms with van der Waals surface area (Å²) in [5, 5.41) is 3.06. The molecule has 132 valence electrons. The van der Waals surface area contributed by atoms with Gasteiger partial charge in [-0.15, -0.1) is 0 Å². The van der Waals surface area contributed by atoms with Crippen LogP contribution in [-0.2, 0) is 0 Å². The van der Waals surface area contributed by atoms with Gasteiger partial charge in [0.25, 0.3) is 5.91 Å². The molecule has 7 nitrogen and oxygen atoms in total. The van der Waals surface area contributed by atoms with Crippen LogP contribution in [0.25, 0.3) is 0 Å². The molecule has 2 aromatic heterocycles. The molecule has 0 aliphatic heterocycles. The summed E-state index contributed by atoms with van der Waals surface area (Å²) in [6, 6.07) is 1.90. The fourth-order valence-electron chi connectivity index (χ4n) is 2.79. The number of rotatable bonds is 5. The first kappa shape index (κ1) is 17.6. The zero-order valence-corrected chi connectivity index (χ0v) is 15.4. The van der Waals surface area contributed by atoms with E-state index in [0.29, 0.717) is 17.3 Å². The first-order chi connectivity index (χ1) is 12.1. The van der Waals surface area contributed by atoms with Crippen molar-refractivity contribution in [1.82, 2.24) is 20.3 Å². The van der Waals surface area contributed by atoms with E-state index in [1.54, 1.807) is 31.8 Å². The number of nitrogens with zero attached hydrogens (tertiary/aromatic N) is 3. The number of nitrogens with one attached hydrogen (secondary N) is 1. The Morgan fingerprint density at radius 1 is 1.12 bits per heavy atom. The van der Waals surface area contributed by atoms with Gasteiger partial charge in [-0.1, -0.05) is 0 Å². The van der Waals surface area contributed by atoms with E-state index < -0.39 is 0 Å². The lowest BCUT2D eigenvalue weighted by atomic mass is 9.93. The first-order valence-electron chi connectivity index (χ1n) is 8.08. The number of hydrogen-bond donors (Lipinski definition) is 1. The molecule has 1 fully saturated rings. The van der Waals surface area contributed by atoms with E-state index in [1.807, 2.05) is 0 Å². The molecule has 1 aliphatic carbocycles. The number of carbonyl (C=O) groups is 1. The minimum absolute atomic E-state index is 0.0714. The van der Waals surface area contributed by atoms with Gasteiger partial charge in [-0.3, -0.25) is 14.8 Å². The Morgan fingerprint density at radius 2 is 1.84 bits per heavy atom. The molecule has 25 heavy (non-hydrogen) atoms. The Hall–Kier alpha value is -2.22. The molecular weight excluding hydrogens is 388 g/mol. The van der Waals surface area contributed by atoms with Gasteiger partial charge in [0.15, 0.2) is 0 Å². The Labute approximate surface area is 154 Å². The van der Waals surface area contributed by atoms with Gasteiger partial charge < -0.3 is 14.8 Å². The summed E-state index contributed by atoms with van der Waals surface area (Å²) in [6.45, 7) is 0. The van der Waals surface area contributed by atoms with Crippen LogP contribution in [0.1, 0.15) is 36.0 Å². The second kappa shape index (κ2) is 8.24. The van der Waals surface area contributed by atoms with E-state index in [1.165, 1.54) is 6.20 Å². The van der Waals surface area contributed by atoms with Crippen LogP contribution in [-0.4, -0.2) is 40.1 Å². The maximum absolute atomic E-state index is 12.3. The molecule has 0 bridgehead atoms. The standard InChI is InChI=1S/C17H19BrN4O3/c1-24-15-9-20-10-16(22-15)25-14-4-2-13(3-5-14)21-17(23)11-6-12(18)8-19-7-11/h6-10,13-14H,2-5H2,1H3,(H,21,23). The molecule has 1 aliphatic rings. The molecule has 0 aromatic carbocycles. The van der Waals surface area contributed by atoms with Crippen LogP contribution < -0.4 is 14.8 Å². The maximum Gasteiger partial charge on any atom is 0.253 e. The van der Waals surface area contributed by atoms with Crippen LogP contribution in [0.3, 0.4) is 0 Å². The number of pyridine rings is 1. The summed E-state index contributed by atoms with van der Waals surface area (Å²) >= 11 is 3.33. The highest BCUT2D eigenvalue weighted by Gasteiger charge is 2.24. The third-order valence-corrected chi connectivity index (χ3v) is 4.50. The summed E-state index contributed by atoms with van der Waals surface area (Å²) in [6.07, 6.45) is 9.82. The van der Waals surface area contributed by atoms with Gasteiger partial charge in [-0.05, 0) is 47.7 Å². The van der Waals surface area contributed by atoms with Gasteiger partial charge in [0, 0.05) is 22.9 Å². The van der Waals surface area contributed by atoms with Crippen molar-refractivity contribution in [1.29, 1.82) is 0 Å². The summed E-state index contributed by atoms with van der Waals surface area (Å²) < 4.78 is 11.7. The second-order valence-electron chi connectivity index (χ2n) is 5.86. The molecule has 0 saturated heterocycles. The third kappa shape index (κ3) is 4.88. The fraction of sp³-hybridized carbons (Fsp3) is 0.412. The zero-order chi connectivity index (χ0) is 17.6. The lowest BCUT2D eigenvalue weighted by Gasteiger charge is -2.29. The molecule has 0 spiro atoms. The quantitative estimate of drug-likeness (QED) is 0.821. The van der Waals surface area contributed by atoms with Gasteiger partial charge in [0.05, 0.1) is 25.1 Å². The number of ether oxygens (including phenoxy) is 2. The van der Waals surface area contributed by atoms with E-state index in [9.17, 15) is 4.79 Å². The molecule has 0 unspecified atom stereocenters. The average molecular weight is 407 g/mol. The number of carbonyl (C=O) groups excluding carboxylic acids is 1. The van der Waals surface area contributed by atoms with E-state index in [0.717, 1.165) is 30.2 Å². The highest BCUT2D eigenvalue weighted by Crippen LogP contribution is 2.24. The Kier molecular flexibility index (Phi) is 5.80. The Morgan fingerprint density at radius 3 is 2.56 bits per heavy atom. The van der Waals surface area contributed by atoms with Crippen LogP contribution in [0.2, 0.25) is 0 Å². The topological polar surface area (TPSA) is 86.2 Å². The monoisotopic (exact) mass is 406 g/mol. The molecule has 3 rings (SSSR count). The van der Waals surface area contributed by atoms with Crippen LogP contribution in [0.5, 0.6) is 11.8 Å². The molecule has 0 radical (unpaired) electrons. The van der Waals surface area contributed by atoms with Gasteiger partial charge in [-0.25, -0.2) is 0 Å². The van der Waals surface area contributed by atoms with Gasteiger partial charge in [-0.2, -0.15) is 4.98 Å². The van der Waals surface area contributed by atoms with E-state index >= 15 is 0 Å². The molecule has 1 amide bonds. The highest BCUT2D eigenvalue weighted by molar-refractivity contribution is 9.10. The number of hydrogen-bond acceptors (Lipinski definition) is 6. The number of amides is 1. The number of halogens is 1. The lowest BCUT2D eigenvalue weighted by molar-refractivity contribution is 0.0888. The van der Waals surface area contributed by atoms with Gasteiger partial charge in [0.1, 0.15) is 6.10 Å². The van der Waals surface area contributed by atoms with Crippen LogP contribution >= 0.6 is 15.9 Å². The zero-order valence-electron chi connectivity index (χ0n) is 13.8. The average Bonchev–Trinajstić information content (AvgIpc) is 2.63. The van der Waals surface area contributed by atoms with Crippen molar-refractivity contribution in [3.8, 4) is 11.8 Å². The number of aromatic nitrogens is 3. The van der Waals surface area contributed by atoms with Gasteiger partial charge >= 0.3 is 0 Å². The van der Waals surface area contributed by atoms with E-state index in [2.05, 4.69) is 36.2 Å². The predicted octanol–water partition coefficient (Wildman–Crippen LogP) is 2.76. The molecular formula is C17H19BrN4O3. The molecule has 1 saturated carbocycles. The highest BCUT2D eigenvalue weighted by atomic mass is 79.9. The van der Waals surface area contributed by atoms with Crippen molar-refractivity contribution in [3.05, 3.63) is 40.9 Å². The Bertz CT molecular complexity index is 735. The van der Waals surface area contributed by atoms with Crippen molar-refractivity contribution in [2.24, 2.45) is 0 Å². The molecule has 1 N–H and O–H groups in total. The lowest BCUT2D eigenvalue weighted by Crippen LogP contribution is -2.39. The molecule has 2 aromatic rings. The summed E-state index contributed by atoms with van der Waals surface area (Å²) in [5.74, 6) is 0.796. The van der Waals surface area contributed by atoms with Crippen molar-refractivity contribution in [3.63, 3.8) is 0 Å². The van der Waals surface area contributed by atoms with E-state index in [-0.39, 0.29) is 18.1 Å². The summed E-state index contributed by atoms with van der Waals surface area (Å²) in [4.78, 5) is 24.5. The second-order valence-corrected chi connectivity index (χ2v) is 6.77. The molecule has 2 heterocycles. The van der Waals surface area contributed by atoms with Crippen molar-refractivity contribution < 1.29 is 14.3 Å². The van der Waals surface area contributed by atoms with Crippen LogP contribution in [0, 0.1) is 0 Å². The Balaban J connectivity index is 1.49. The summed E-state index contributed by atoms with van der Waals surface area (Å²) in [5.41, 5.74) is 0.555. The predicted molar refractivity (Wildman–Crippen MR) is 94.7 cm³/mol. The van der Waals surface area contributed by atoms with E-state index in [4.69, 9.17) is 9.47 Å². The minimum atomic E-state index is -0.100. The van der Waals surface area contributed by atoms with Gasteiger partial charge in [0.2, 0.25) is 11.8 Å². The van der Waals surface area contributed by atoms with Crippen LogP contribution in [0.15, 0.2) is 35.3 Å². The largest absolute Gasteiger partial charge is 0.480 e. The minimum Gasteiger partial charge on any atom is -0.480 e. The first-order valence-corrected chi connectivity index (χ1v) is 8.87. The van der Waals surface area contributed by atoms with Crippen molar-refractivity contribution >= 4 is 21.8 Å².